The standard InChI is InChI=1S/C19H24N2O5S/c1-15(14-26-17-11-9-16(25-3)10-12-17)20-19(22)13-21(2)27(23,24)18-7-5-4-6-8-18/h4-12,15H,13-14H2,1-3H3,(H,20,22)/t15-/m0/s1. The number of amides is 1. The van der Waals surface area contributed by atoms with Crippen molar-refractivity contribution in [2.45, 2.75) is 17.9 Å². The van der Waals surface area contributed by atoms with Gasteiger partial charge in [0.25, 0.3) is 0 Å². The summed E-state index contributed by atoms with van der Waals surface area (Å²) in [4.78, 5) is 12.3. The normalized spacial score (nSPS) is 12.4. The summed E-state index contributed by atoms with van der Waals surface area (Å²) in [5.74, 6) is 0.981. The molecule has 0 aliphatic heterocycles. The fourth-order valence-electron chi connectivity index (χ4n) is 2.31. The third-order valence-corrected chi connectivity index (χ3v) is 5.60. The van der Waals surface area contributed by atoms with Crippen LogP contribution in [0.1, 0.15) is 6.92 Å². The van der Waals surface area contributed by atoms with Gasteiger partial charge in [-0.05, 0) is 43.3 Å². The van der Waals surface area contributed by atoms with Gasteiger partial charge >= 0.3 is 0 Å². The van der Waals surface area contributed by atoms with E-state index >= 15 is 0 Å². The number of hydrogen-bond donors (Lipinski definition) is 1. The highest BCUT2D eigenvalue weighted by Gasteiger charge is 2.23. The Balaban J connectivity index is 1.83. The summed E-state index contributed by atoms with van der Waals surface area (Å²) >= 11 is 0. The minimum Gasteiger partial charge on any atom is -0.497 e. The number of benzene rings is 2. The van der Waals surface area contributed by atoms with Crippen LogP contribution in [-0.2, 0) is 14.8 Å². The van der Waals surface area contributed by atoms with Crippen LogP contribution in [0, 0.1) is 0 Å². The average molecular weight is 392 g/mol. The number of likely N-dealkylation sites (N-methyl/N-ethyl adjacent to an activating group) is 1. The molecule has 1 atom stereocenters. The van der Waals surface area contributed by atoms with E-state index in [0.717, 1.165) is 10.1 Å². The van der Waals surface area contributed by atoms with Crippen LogP contribution in [-0.4, -0.2) is 52.0 Å². The maximum absolute atomic E-state index is 12.4. The molecule has 0 aliphatic carbocycles. The Morgan fingerprint density at radius 3 is 2.26 bits per heavy atom. The number of ether oxygens (including phenoxy) is 2. The second kappa shape index (κ2) is 9.38. The zero-order valence-corrected chi connectivity index (χ0v) is 16.4. The van der Waals surface area contributed by atoms with Crippen LogP contribution in [0.5, 0.6) is 11.5 Å². The number of methoxy groups -OCH3 is 1. The summed E-state index contributed by atoms with van der Waals surface area (Å²) in [6, 6.07) is 14.8. The Labute approximate surface area is 160 Å². The molecule has 0 saturated heterocycles. The van der Waals surface area contributed by atoms with Gasteiger partial charge in [0.15, 0.2) is 0 Å². The van der Waals surface area contributed by atoms with E-state index < -0.39 is 15.9 Å². The Bertz CT molecular complexity index is 838. The molecule has 2 rings (SSSR count). The van der Waals surface area contributed by atoms with E-state index in [-0.39, 0.29) is 24.1 Å². The number of carbonyl (C=O) groups is 1. The molecule has 7 nitrogen and oxygen atoms in total. The lowest BCUT2D eigenvalue weighted by atomic mass is 10.3. The number of nitrogens with zero attached hydrogens (tertiary/aromatic N) is 1. The SMILES string of the molecule is COc1ccc(OC[C@H](C)NC(=O)CN(C)S(=O)(=O)c2ccccc2)cc1. The molecule has 0 radical (unpaired) electrons. The smallest absolute Gasteiger partial charge is 0.243 e. The van der Waals surface area contributed by atoms with Gasteiger partial charge in [0.1, 0.15) is 18.1 Å². The Hall–Kier alpha value is -2.58. The van der Waals surface area contributed by atoms with Crippen LogP contribution in [0.3, 0.4) is 0 Å². The molecule has 0 bridgehead atoms. The van der Waals surface area contributed by atoms with Gasteiger partial charge in [-0.25, -0.2) is 8.42 Å². The van der Waals surface area contributed by atoms with Crippen molar-refractivity contribution in [3.05, 3.63) is 54.6 Å². The maximum atomic E-state index is 12.4. The number of carbonyl (C=O) groups excluding carboxylic acids is 1. The fourth-order valence-corrected chi connectivity index (χ4v) is 3.46. The van der Waals surface area contributed by atoms with E-state index in [2.05, 4.69) is 5.32 Å². The third kappa shape index (κ3) is 5.97. The van der Waals surface area contributed by atoms with Gasteiger partial charge in [-0.1, -0.05) is 18.2 Å². The molecule has 0 aromatic heterocycles. The highest BCUT2D eigenvalue weighted by molar-refractivity contribution is 7.89. The number of nitrogens with one attached hydrogen (secondary N) is 1. The second-order valence-electron chi connectivity index (χ2n) is 6.03. The maximum Gasteiger partial charge on any atom is 0.243 e. The molecule has 0 unspecified atom stereocenters. The van der Waals surface area contributed by atoms with Gasteiger partial charge in [0.2, 0.25) is 15.9 Å². The monoisotopic (exact) mass is 392 g/mol. The summed E-state index contributed by atoms with van der Waals surface area (Å²) in [6.45, 7) is 1.77. The molecule has 2 aromatic carbocycles. The predicted octanol–water partition coefficient (Wildman–Crippen LogP) is 1.90. The van der Waals surface area contributed by atoms with E-state index in [1.807, 2.05) is 0 Å². The molecular formula is C19H24N2O5S. The highest BCUT2D eigenvalue weighted by atomic mass is 32.2. The van der Waals surface area contributed by atoms with Gasteiger partial charge in [-0.15, -0.1) is 0 Å². The van der Waals surface area contributed by atoms with Crippen LogP contribution in [0.25, 0.3) is 0 Å². The second-order valence-corrected chi connectivity index (χ2v) is 8.07. The molecular weight excluding hydrogens is 368 g/mol. The van der Waals surface area contributed by atoms with Crippen molar-refractivity contribution in [1.82, 2.24) is 9.62 Å². The van der Waals surface area contributed by atoms with Crippen LogP contribution in [0.2, 0.25) is 0 Å². The Kier molecular flexibility index (Phi) is 7.20. The van der Waals surface area contributed by atoms with E-state index in [1.165, 1.54) is 19.2 Å². The molecule has 0 saturated carbocycles. The lowest BCUT2D eigenvalue weighted by Crippen LogP contribution is -2.43. The molecule has 146 valence electrons. The topological polar surface area (TPSA) is 84.9 Å². The fraction of sp³-hybridized carbons (Fsp3) is 0.316. The molecule has 1 N–H and O–H groups in total. The molecule has 8 heteroatoms. The van der Waals surface area contributed by atoms with Crippen LogP contribution < -0.4 is 14.8 Å². The van der Waals surface area contributed by atoms with E-state index in [0.29, 0.717) is 5.75 Å². The van der Waals surface area contributed by atoms with E-state index in [9.17, 15) is 13.2 Å². The first kappa shape index (κ1) is 20.7. The first-order chi connectivity index (χ1) is 12.8. The van der Waals surface area contributed by atoms with Crippen molar-refractivity contribution >= 4 is 15.9 Å². The molecule has 2 aromatic rings. The quantitative estimate of drug-likeness (QED) is 0.705. The molecule has 0 fully saturated rings. The van der Waals surface area contributed by atoms with Crippen LogP contribution >= 0.6 is 0 Å². The molecule has 0 aliphatic rings. The largest absolute Gasteiger partial charge is 0.497 e. The van der Waals surface area contributed by atoms with Crippen LogP contribution in [0.4, 0.5) is 0 Å². The van der Waals surface area contributed by atoms with Crippen molar-refractivity contribution in [2.24, 2.45) is 0 Å². The summed E-state index contributed by atoms with van der Waals surface area (Å²) in [5, 5.41) is 2.73. The Morgan fingerprint density at radius 2 is 1.67 bits per heavy atom. The highest BCUT2D eigenvalue weighted by Crippen LogP contribution is 2.17. The van der Waals surface area contributed by atoms with Crippen molar-refractivity contribution in [3.8, 4) is 11.5 Å². The molecule has 0 heterocycles. The van der Waals surface area contributed by atoms with E-state index in [1.54, 1.807) is 56.5 Å². The summed E-state index contributed by atoms with van der Waals surface area (Å²) in [5.41, 5.74) is 0. The summed E-state index contributed by atoms with van der Waals surface area (Å²) in [6.07, 6.45) is 0. The van der Waals surface area contributed by atoms with E-state index in [4.69, 9.17) is 9.47 Å². The Morgan fingerprint density at radius 1 is 1.07 bits per heavy atom. The minimum atomic E-state index is -3.70. The number of rotatable bonds is 9. The number of hydrogen-bond acceptors (Lipinski definition) is 5. The summed E-state index contributed by atoms with van der Waals surface area (Å²) < 4.78 is 36.6. The van der Waals surface area contributed by atoms with Crippen molar-refractivity contribution in [2.75, 3.05) is 27.3 Å². The summed E-state index contributed by atoms with van der Waals surface area (Å²) in [7, 11) is -0.741. The molecule has 0 spiro atoms. The van der Waals surface area contributed by atoms with Gasteiger partial charge < -0.3 is 14.8 Å². The molecule has 27 heavy (non-hydrogen) atoms. The first-order valence-electron chi connectivity index (χ1n) is 8.40. The van der Waals surface area contributed by atoms with Crippen molar-refractivity contribution in [3.63, 3.8) is 0 Å². The average Bonchev–Trinajstić information content (AvgIpc) is 2.67. The van der Waals surface area contributed by atoms with Gasteiger partial charge in [-0.2, -0.15) is 4.31 Å². The molecule has 1 amide bonds. The predicted molar refractivity (Wildman–Crippen MR) is 102 cm³/mol. The zero-order valence-electron chi connectivity index (χ0n) is 15.6. The zero-order chi connectivity index (χ0) is 19.9. The first-order valence-corrected chi connectivity index (χ1v) is 9.84. The lowest BCUT2D eigenvalue weighted by molar-refractivity contribution is -0.121. The van der Waals surface area contributed by atoms with Crippen LogP contribution in [0.15, 0.2) is 59.5 Å². The van der Waals surface area contributed by atoms with Gasteiger partial charge in [0.05, 0.1) is 24.6 Å². The van der Waals surface area contributed by atoms with Crippen molar-refractivity contribution in [1.29, 1.82) is 0 Å². The van der Waals surface area contributed by atoms with Gasteiger partial charge in [-0.3, -0.25) is 4.79 Å². The number of sulfonamides is 1. The third-order valence-electron chi connectivity index (χ3n) is 3.78. The minimum absolute atomic E-state index is 0.149. The lowest BCUT2D eigenvalue weighted by Gasteiger charge is -2.19. The van der Waals surface area contributed by atoms with Crippen molar-refractivity contribution < 1.29 is 22.7 Å². The van der Waals surface area contributed by atoms with Gasteiger partial charge in [0, 0.05) is 7.05 Å².